The van der Waals surface area contributed by atoms with E-state index in [2.05, 4.69) is 10.4 Å². The number of hydrogen-bond acceptors (Lipinski definition) is 2. The number of pyridine rings is 1. The first-order valence-electron chi connectivity index (χ1n) is 4.50. The molecule has 0 aliphatic heterocycles. The molecule has 0 atom stereocenters. The largest absolute Gasteiger partial charge is 0.264 e. The highest BCUT2D eigenvalue weighted by Crippen LogP contribution is 2.02. The van der Waals surface area contributed by atoms with E-state index in [4.69, 9.17) is 0 Å². The third-order valence-electron chi connectivity index (χ3n) is 1.89. The van der Waals surface area contributed by atoms with Gasteiger partial charge in [-0.05, 0) is 12.1 Å². The number of rotatable bonds is 3. The van der Waals surface area contributed by atoms with Crippen LogP contribution in [0.25, 0.3) is 0 Å². The summed E-state index contributed by atoms with van der Waals surface area (Å²) in [5.41, 5.74) is 7.37. The predicted octanol–water partition coefficient (Wildman–Crippen LogP) is 1.30. The van der Waals surface area contributed by atoms with Crippen molar-refractivity contribution in [3.8, 4) is 0 Å². The Bertz CT molecular complexity index is 333. The van der Waals surface area contributed by atoms with Crippen LogP contribution in [0.4, 0.5) is 11.4 Å². The van der Waals surface area contributed by atoms with Crippen molar-refractivity contribution in [2.24, 2.45) is 0 Å². The average Bonchev–Trinajstić information content (AvgIpc) is 2.29. The number of hydrogen-bond donors (Lipinski definition) is 2. The molecule has 0 saturated heterocycles. The van der Waals surface area contributed by atoms with Crippen LogP contribution in [0.5, 0.6) is 0 Å². The molecule has 0 unspecified atom stereocenters. The van der Waals surface area contributed by atoms with Crippen molar-refractivity contribution < 1.29 is 5.43 Å². The normalized spacial score (nSPS) is 9.71. The van der Waals surface area contributed by atoms with E-state index in [1.807, 2.05) is 47.9 Å². The quantitative estimate of drug-likeness (QED) is 0.560. The van der Waals surface area contributed by atoms with Gasteiger partial charge in [0, 0.05) is 24.5 Å². The van der Waals surface area contributed by atoms with Gasteiger partial charge in [0.1, 0.15) is 0 Å². The molecule has 2 rings (SSSR count). The van der Waals surface area contributed by atoms with Crippen molar-refractivity contribution in [2.75, 3.05) is 5.43 Å². The fourth-order valence-corrected chi connectivity index (χ4v) is 1.16. The highest BCUT2D eigenvalue weighted by atomic mass is 15.4. The lowest BCUT2D eigenvalue weighted by Crippen LogP contribution is -2.82. The second-order valence-corrected chi connectivity index (χ2v) is 2.94. The summed E-state index contributed by atoms with van der Waals surface area (Å²) in [6.07, 6.45) is 3.55. The minimum Gasteiger partial charge on any atom is -0.264 e. The molecule has 3 nitrogen and oxygen atoms in total. The molecule has 0 fully saturated rings. The van der Waals surface area contributed by atoms with Crippen molar-refractivity contribution >= 4 is 11.4 Å². The number of nitrogens with two attached hydrogens (primary N) is 1. The maximum absolute atomic E-state index is 3.95. The molecular weight excluding hydrogens is 174 g/mol. The number of nitrogens with zero attached hydrogens (tertiary/aromatic N) is 1. The van der Waals surface area contributed by atoms with Gasteiger partial charge < -0.3 is 0 Å². The van der Waals surface area contributed by atoms with Crippen molar-refractivity contribution in [3.63, 3.8) is 0 Å². The molecule has 3 N–H and O–H groups in total. The number of para-hydroxylation sites is 1. The van der Waals surface area contributed by atoms with Gasteiger partial charge in [0.25, 0.3) is 0 Å². The minimum atomic E-state index is 1.09. The van der Waals surface area contributed by atoms with Crippen LogP contribution in [0.2, 0.25) is 0 Å². The van der Waals surface area contributed by atoms with Crippen molar-refractivity contribution in [2.45, 2.75) is 0 Å². The SMILES string of the molecule is c1ccc(N[NH2+]c2ccncc2)cc1. The molecule has 0 radical (unpaired) electrons. The molecule has 0 aliphatic carbocycles. The molecule has 1 heterocycles. The van der Waals surface area contributed by atoms with Gasteiger partial charge in [-0.15, -0.1) is 0 Å². The van der Waals surface area contributed by atoms with E-state index >= 15 is 0 Å². The summed E-state index contributed by atoms with van der Waals surface area (Å²) < 4.78 is 0. The molecule has 3 heteroatoms. The van der Waals surface area contributed by atoms with Crippen molar-refractivity contribution in [3.05, 3.63) is 54.9 Å². The number of nitrogens with one attached hydrogen (secondary N) is 1. The molecule has 1 aromatic heterocycles. The molecule has 70 valence electrons. The highest BCUT2D eigenvalue weighted by Gasteiger charge is 1.94. The first-order chi connectivity index (χ1) is 6.95. The molecule has 14 heavy (non-hydrogen) atoms. The lowest BCUT2D eigenvalue weighted by molar-refractivity contribution is -0.538. The van der Waals surface area contributed by atoms with Gasteiger partial charge in [-0.2, -0.15) is 0 Å². The number of nitrogen functional groups attached to an aromatic ring is 1. The predicted molar refractivity (Wildman–Crippen MR) is 55.9 cm³/mol. The van der Waals surface area contributed by atoms with Gasteiger partial charge >= 0.3 is 0 Å². The number of benzene rings is 1. The topological polar surface area (TPSA) is 41.5 Å². The van der Waals surface area contributed by atoms with Gasteiger partial charge in [-0.3, -0.25) is 4.98 Å². The van der Waals surface area contributed by atoms with E-state index in [0.717, 1.165) is 11.4 Å². The van der Waals surface area contributed by atoms with Crippen LogP contribution in [0, 0.1) is 0 Å². The minimum absolute atomic E-state index is 1.09. The second kappa shape index (κ2) is 4.39. The first kappa shape index (κ1) is 8.72. The van der Waals surface area contributed by atoms with Gasteiger partial charge in [0.2, 0.25) is 0 Å². The highest BCUT2D eigenvalue weighted by molar-refractivity contribution is 5.40. The van der Waals surface area contributed by atoms with Crippen LogP contribution >= 0.6 is 0 Å². The molecule has 2 aromatic rings. The van der Waals surface area contributed by atoms with E-state index in [1.54, 1.807) is 12.4 Å². The molecule has 1 aromatic carbocycles. The Labute approximate surface area is 82.8 Å². The summed E-state index contributed by atoms with van der Waals surface area (Å²) in [4.78, 5) is 3.95. The van der Waals surface area contributed by atoms with Crippen LogP contribution < -0.4 is 10.9 Å². The van der Waals surface area contributed by atoms with Crippen LogP contribution in [0.3, 0.4) is 0 Å². The van der Waals surface area contributed by atoms with Crippen LogP contribution in [0.1, 0.15) is 0 Å². The molecule has 0 spiro atoms. The number of anilines is 1. The fraction of sp³-hybridized carbons (Fsp3) is 0. The Balaban J connectivity index is 1.96. The van der Waals surface area contributed by atoms with Crippen LogP contribution in [0.15, 0.2) is 54.9 Å². The lowest BCUT2D eigenvalue weighted by Gasteiger charge is -2.02. The summed E-state index contributed by atoms with van der Waals surface area (Å²) >= 11 is 0. The summed E-state index contributed by atoms with van der Waals surface area (Å²) in [5, 5.41) is 0. The van der Waals surface area contributed by atoms with Gasteiger partial charge in [0.15, 0.2) is 5.69 Å². The van der Waals surface area contributed by atoms with E-state index in [9.17, 15) is 0 Å². The third-order valence-corrected chi connectivity index (χ3v) is 1.89. The second-order valence-electron chi connectivity index (χ2n) is 2.94. The Morgan fingerprint density at radius 3 is 2.36 bits per heavy atom. The number of quaternary nitrogens is 1. The average molecular weight is 186 g/mol. The zero-order valence-corrected chi connectivity index (χ0v) is 7.72. The van der Waals surface area contributed by atoms with E-state index in [-0.39, 0.29) is 0 Å². The molecular formula is C11H12N3+. The van der Waals surface area contributed by atoms with E-state index in [0.29, 0.717) is 0 Å². The first-order valence-corrected chi connectivity index (χ1v) is 4.50. The van der Waals surface area contributed by atoms with Crippen LogP contribution in [-0.4, -0.2) is 4.98 Å². The van der Waals surface area contributed by atoms with Gasteiger partial charge in [0.05, 0.1) is 5.69 Å². The Morgan fingerprint density at radius 2 is 1.64 bits per heavy atom. The van der Waals surface area contributed by atoms with Crippen molar-refractivity contribution in [1.29, 1.82) is 0 Å². The monoisotopic (exact) mass is 186 g/mol. The standard InChI is InChI=1S/C11H11N3/c1-2-4-10(5-3-1)13-14-11-6-8-12-9-7-11/h1-9,13H,(H,12,14)/p+1. The molecule has 0 bridgehead atoms. The smallest absolute Gasteiger partial charge is 0.156 e. The zero-order valence-electron chi connectivity index (χ0n) is 7.72. The third kappa shape index (κ3) is 2.31. The van der Waals surface area contributed by atoms with E-state index in [1.165, 1.54) is 0 Å². The summed E-state index contributed by atoms with van der Waals surface area (Å²) in [6, 6.07) is 14.0. The molecule has 0 aliphatic rings. The van der Waals surface area contributed by atoms with Gasteiger partial charge in [-0.1, -0.05) is 18.2 Å². The molecule has 0 amide bonds. The summed E-state index contributed by atoms with van der Waals surface area (Å²) in [5.74, 6) is 0. The Kier molecular flexibility index (Phi) is 2.73. The lowest BCUT2D eigenvalue weighted by atomic mass is 10.3. The fourth-order valence-electron chi connectivity index (χ4n) is 1.16. The van der Waals surface area contributed by atoms with E-state index < -0.39 is 0 Å². The van der Waals surface area contributed by atoms with Crippen molar-refractivity contribution in [1.82, 2.24) is 4.98 Å². The maximum atomic E-state index is 3.95. The Hall–Kier alpha value is -1.87. The zero-order chi connectivity index (χ0) is 9.64. The van der Waals surface area contributed by atoms with Gasteiger partial charge in [-0.25, -0.2) is 10.9 Å². The van der Waals surface area contributed by atoms with Crippen LogP contribution in [-0.2, 0) is 0 Å². The number of aromatic nitrogens is 1. The Morgan fingerprint density at radius 1 is 0.929 bits per heavy atom. The molecule has 0 saturated carbocycles. The maximum Gasteiger partial charge on any atom is 0.156 e. The summed E-state index contributed by atoms with van der Waals surface area (Å²) in [7, 11) is 0. The summed E-state index contributed by atoms with van der Waals surface area (Å²) in [6.45, 7) is 0.